The Kier molecular flexibility index (Phi) is 27.3. The molecule has 2 heterocycles. The van der Waals surface area contributed by atoms with Crippen LogP contribution < -0.4 is 10.6 Å². The molecule has 0 bridgehead atoms. The summed E-state index contributed by atoms with van der Waals surface area (Å²) in [4.78, 5) is 79.2. The van der Waals surface area contributed by atoms with Crippen molar-refractivity contribution in [1.82, 2.24) is 20.4 Å². The van der Waals surface area contributed by atoms with Crippen molar-refractivity contribution in [2.75, 3.05) is 20.7 Å². The van der Waals surface area contributed by atoms with Crippen LogP contribution in [0.25, 0.3) is 31.3 Å². The predicted molar refractivity (Wildman–Crippen MR) is 335 cm³/mol. The van der Waals surface area contributed by atoms with Gasteiger partial charge < -0.3 is 30.3 Å². The SMILES string of the molecule is CC(C)C[C@H](NC(=O)[C@H](Cc1csc2ccc(Cl)cc12)N(C)C(=O)OC(C)(C)C)C(=O)O.CC(C)C[C@H](NC(=O)[C@H](Cc1csc2ccc(Cl)cc12)N(C)C(=O)OCC1c2ccccc2-c2ccccc21)C(=O)O.S.S.S.S. The number of aliphatic carboxylic acids is 2. The number of amides is 4. The molecular formula is C56H72Cl2N4O10S6. The largest absolute Gasteiger partial charge is 0.480 e. The lowest BCUT2D eigenvalue weighted by Crippen LogP contribution is -2.54. The number of thiophene rings is 2. The maximum atomic E-state index is 13.7. The third-order valence-electron chi connectivity index (χ3n) is 12.5. The van der Waals surface area contributed by atoms with Gasteiger partial charge in [0.15, 0.2) is 0 Å². The molecule has 426 valence electrons. The molecule has 6 aromatic rings. The Morgan fingerprint density at radius 3 is 1.37 bits per heavy atom. The van der Waals surface area contributed by atoms with Crippen LogP contribution >= 0.6 is 99.9 Å². The molecule has 78 heavy (non-hydrogen) atoms. The second-order valence-corrected chi connectivity index (χ2v) is 23.0. The van der Waals surface area contributed by atoms with E-state index in [0.717, 1.165) is 53.6 Å². The molecule has 4 N–H and O–H groups in total. The van der Waals surface area contributed by atoms with Gasteiger partial charge in [0.2, 0.25) is 11.8 Å². The Balaban J connectivity index is 0.000000525. The normalized spacial score (nSPS) is 13.0. The van der Waals surface area contributed by atoms with Gasteiger partial charge in [-0.1, -0.05) is 99.4 Å². The van der Waals surface area contributed by atoms with E-state index < -0.39 is 65.7 Å². The number of carboxylic acids is 2. The summed E-state index contributed by atoms with van der Waals surface area (Å²) in [6.45, 7) is 12.9. The molecule has 14 nitrogen and oxygen atoms in total. The summed E-state index contributed by atoms with van der Waals surface area (Å²) >= 11 is 15.5. The van der Waals surface area contributed by atoms with Crippen molar-refractivity contribution in [2.45, 2.75) is 110 Å². The number of likely N-dealkylation sites (N-methyl/N-ethyl adjacent to an activating group) is 2. The molecule has 0 saturated carbocycles. The molecule has 0 radical (unpaired) electrons. The third-order valence-corrected chi connectivity index (χ3v) is 15.0. The van der Waals surface area contributed by atoms with Crippen LogP contribution in [0.1, 0.15) is 89.5 Å². The average molecular weight is 1220 g/mol. The maximum absolute atomic E-state index is 13.7. The maximum Gasteiger partial charge on any atom is 0.410 e. The molecule has 1 aliphatic carbocycles. The smallest absolute Gasteiger partial charge is 0.410 e. The molecular weight excluding hydrogens is 1150 g/mol. The number of carbonyl (C=O) groups excluding carboxylic acids is 4. The van der Waals surface area contributed by atoms with E-state index in [2.05, 4.69) is 22.8 Å². The molecule has 2 aromatic heterocycles. The van der Waals surface area contributed by atoms with Crippen molar-refractivity contribution in [2.24, 2.45) is 11.8 Å². The minimum absolute atomic E-state index is 0. The number of nitrogens with zero attached hydrogens (tertiary/aromatic N) is 2. The molecule has 0 unspecified atom stereocenters. The first-order chi connectivity index (χ1) is 34.9. The summed E-state index contributed by atoms with van der Waals surface area (Å²) in [5.41, 5.74) is 5.35. The minimum Gasteiger partial charge on any atom is -0.480 e. The van der Waals surface area contributed by atoms with Crippen LogP contribution in [0.2, 0.25) is 10.0 Å². The topological polar surface area (TPSA) is 192 Å². The van der Waals surface area contributed by atoms with E-state index in [0.29, 0.717) is 10.0 Å². The zero-order chi connectivity index (χ0) is 54.2. The highest BCUT2D eigenvalue weighted by Gasteiger charge is 2.36. The summed E-state index contributed by atoms with van der Waals surface area (Å²) in [6, 6.07) is 23.1. The molecule has 0 saturated heterocycles. The Morgan fingerprint density at radius 2 is 1.00 bits per heavy atom. The van der Waals surface area contributed by atoms with E-state index >= 15 is 0 Å². The highest BCUT2D eigenvalue weighted by atomic mass is 35.5. The van der Waals surface area contributed by atoms with Gasteiger partial charge in [-0.25, -0.2) is 19.2 Å². The first-order valence-electron chi connectivity index (χ1n) is 24.3. The summed E-state index contributed by atoms with van der Waals surface area (Å²) in [6.07, 6.45) is -0.423. The first kappa shape index (κ1) is 69.3. The number of nitrogens with one attached hydrogen (secondary N) is 2. The molecule has 1 aliphatic rings. The number of fused-ring (bicyclic) bond motifs is 5. The number of benzene rings is 4. The van der Waals surface area contributed by atoms with Gasteiger partial charge in [-0.05, 0) is 137 Å². The Labute approximate surface area is 502 Å². The van der Waals surface area contributed by atoms with Crippen LogP contribution in [-0.4, -0.2) is 106 Å². The molecule has 4 amide bonds. The van der Waals surface area contributed by atoms with E-state index in [4.69, 9.17) is 32.7 Å². The quantitative estimate of drug-likeness (QED) is 0.0644. The number of carboxylic acid groups (broad SMARTS) is 2. The highest BCUT2D eigenvalue weighted by Crippen LogP contribution is 2.44. The predicted octanol–water partition coefficient (Wildman–Crippen LogP) is 12.4. The summed E-state index contributed by atoms with van der Waals surface area (Å²) in [5, 5.41) is 31.4. The van der Waals surface area contributed by atoms with Crippen LogP contribution in [0.4, 0.5) is 9.59 Å². The van der Waals surface area contributed by atoms with Crippen LogP contribution in [0.15, 0.2) is 95.7 Å². The fourth-order valence-corrected chi connectivity index (χ4v) is 11.1. The first-order valence-corrected chi connectivity index (χ1v) is 26.8. The van der Waals surface area contributed by atoms with Crippen molar-refractivity contribution in [3.8, 4) is 11.1 Å². The third kappa shape index (κ3) is 18.1. The molecule has 7 rings (SSSR count). The average Bonchev–Trinajstić information content (AvgIpc) is 4.02. The van der Waals surface area contributed by atoms with E-state index in [1.807, 2.05) is 99.1 Å². The summed E-state index contributed by atoms with van der Waals surface area (Å²) in [7, 11) is 3.00. The van der Waals surface area contributed by atoms with Gasteiger partial charge in [-0.2, -0.15) is 54.0 Å². The molecule has 4 aromatic carbocycles. The van der Waals surface area contributed by atoms with E-state index in [9.17, 15) is 39.0 Å². The number of halogens is 2. The van der Waals surface area contributed by atoms with Crippen molar-refractivity contribution in [1.29, 1.82) is 0 Å². The lowest BCUT2D eigenvalue weighted by atomic mass is 9.98. The lowest BCUT2D eigenvalue weighted by molar-refractivity contribution is -0.143. The van der Waals surface area contributed by atoms with Crippen molar-refractivity contribution >= 4 is 156 Å². The summed E-state index contributed by atoms with van der Waals surface area (Å²) in [5.74, 6) is -3.35. The Morgan fingerprint density at radius 1 is 0.615 bits per heavy atom. The van der Waals surface area contributed by atoms with Crippen LogP contribution in [0.5, 0.6) is 0 Å². The fraction of sp³-hybridized carbons (Fsp3) is 0.393. The minimum atomic E-state index is -1.12. The molecule has 0 aliphatic heterocycles. The van der Waals surface area contributed by atoms with E-state index in [-0.39, 0.29) is 104 Å². The Bertz CT molecular complexity index is 2970. The zero-order valence-electron chi connectivity index (χ0n) is 44.9. The highest BCUT2D eigenvalue weighted by molar-refractivity contribution is 7.59. The van der Waals surface area contributed by atoms with Gasteiger partial charge in [0.25, 0.3) is 0 Å². The summed E-state index contributed by atoms with van der Waals surface area (Å²) < 4.78 is 13.3. The molecule has 0 fully saturated rings. The zero-order valence-corrected chi connectivity index (χ0v) is 52.1. The van der Waals surface area contributed by atoms with Crippen molar-refractivity contribution in [3.05, 3.63) is 128 Å². The van der Waals surface area contributed by atoms with Gasteiger partial charge in [0.05, 0.1) is 0 Å². The van der Waals surface area contributed by atoms with Crippen LogP contribution in [0, 0.1) is 11.8 Å². The van der Waals surface area contributed by atoms with Crippen LogP contribution in [-0.2, 0) is 41.5 Å². The standard InChI is InChI=1S/C33H33ClN2O5S.C23H31ClN2O5S.4H2S/c1-19(2)14-28(32(38)39)35-31(37)29(15-20-18-42-30-13-12-21(34)16-26(20)30)36(3)33(40)41-17-27-24-10-6-4-8-22(24)23-9-5-7-11-25(23)27;1-13(2)9-17(21(28)29)25-20(27)18(26(6)22(30)31-23(3,4)5)10-14-12-32-19-8-7-15(24)11-16(14)19;;;;/h4-13,16,18-19,27-29H,14-15,17H2,1-3H3,(H,35,37)(H,38,39);7-8,11-13,17-18H,9-10H2,1-6H3,(H,25,27)(H,28,29);4*1H2/t28-,29-;17-,18-;;;;/m00..../s1. The molecule has 22 heteroatoms. The van der Waals surface area contributed by atoms with E-state index in [1.165, 1.54) is 46.6 Å². The van der Waals surface area contributed by atoms with Gasteiger partial charge in [0.1, 0.15) is 36.4 Å². The van der Waals surface area contributed by atoms with E-state index in [1.54, 1.807) is 32.9 Å². The number of hydrogen-bond acceptors (Lipinski definition) is 10. The monoisotopic (exact) mass is 1220 g/mol. The molecule has 0 spiro atoms. The number of hydrogen-bond donors (Lipinski definition) is 4. The molecule has 4 atom stereocenters. The lowest BCUT2D eigenvalue weighted by Gasteiger charge is -2.31. The van der Waals surface area contributed by atoms with Gasteiger partial charge >= 0.3 is 24.1 Å². The van der Waals surface area contributed by atoms with Gasteiger partial charge in [-0.3, -0.25) is 19.4 Å². The number of ether oxygens (including phenoxy) is 2. The van der Waals surface area contributed by atoms with Gasteiger partial charge in [-0.15, -0.1) is 22.7 Å². The number of carbonyl (C=O) groups is 6. The van der Waals surface area contributed by atoms with Crippen LogP contribution in [0.3, 0.4) is 0 Å². The number of rotatable bonds is 18. The van der Waals surface area contributed by atoms with Crippen molar-refractivity contribution in [3.63, 3.8) is 0 Å². The second kappa shape index (κ2) is 30.7. The van der Waals surface area contributed by atoms with Gasteiger partial charge in [0, 0.05) is 52.3 Å². The van der Waals surface area contributed by atoms with Crippen molar-refractivity contribution < 1.29 is 48.5 Å². The fourth-order valence-electron chi connectivity index (χ4n) is 8.86. The second-order valence-electron chi connectivity index (χ2n) is 20.3. The Hall–Kier alpha value is -4.80.